The van der Waals surface area contributed by atoms with Gasteiger partial charge in [-0.15, -0.1) is 0 Å². The first-order valence-electron chi connectivity index (χ1n) is 11.5. The third-order valence-corrected chi connectivity index (χ3v) is 10.5. The van der Waals surface area contributed by atoms with Crippen LogP contribution in [-0.2, 0) is 0 Å². The van der Waals surface area contributed by atoms with Crippen molar-refractivity contribution in [1.82, 2.24) is 0 Å². The molecule has 1 unspecified atom stereocenters. The second-order valence-corrected chi connectivity index (χ2v) is 12.2. The van der Waals surface area contributed by atoms with E-state index in [0.29, 0.717) is 23.7 Å². The molecule has 8 atom stereocenters. The molecular weight excluding hydrogens is 332 g/mol. The minimum Gasteiger partial charge on any atom is -0.396 e. The number of hydrogen-bond acceptors (Lipinski definition) is 2. The molecule has 3 fully saturated rings. The van der Waals surface area contributed by atoms with Gasteiger partial charge in [0.2, 0.25) is 0 Å². The summed E-state index contributed by atoms with van der Waals surface area (Å²) < 4.78 is 0. The third-order valence-electron chi connectivity index (χ3n) is 10.5. The Hall–Kier alpha value is -0.340. The number of aliphatic hydroxyl groups excluding tert-OH is 2. The quantitative estimate of drug-likeness (QED) is 0.588. The molecule has 0 radical (unpaired) electrons. The minimum atomic E-state index is -0.187. The zero-order chi connectivity index (χ0) is 19.8. The van der Waals surface area contributed by atoms with E-state index in [0.717, 1.165) is 12.8 Å². The van der Waals surface area contributed by atoms with Crippen LogP contribution in [0.3, 0.4) is 0 Å². The minimum absolute atomic E-state index is 0.173. The summed E-state index contributed by atoms with van der Waals surface area (Å²) in [7, 11) is 0. The number of allylic oxidation sites excluding steroid dienone is 1. The second kappa shape index (κ2) is 6.08. The topological polar surface area (TPSA) is 40.5 Å². The lowest BCUT2D eigenvalue weighted by atomic mass is 9.35. The van der Waals surface area contributed by atoms with Gasteiger partial charge in [-0.05, 0) is 84.9 Å². The Balaban J connectivity index is 1.79. The molecule has 4 rings (SSSR count). The maximum absolute atomic E-state index is 11.5. The van der Waals surface area contributed by atoms with Crippen LogP contribution in [0.4, 0.5) is 0 Å². The first-order valence-corrected chi connectivity index (χ1v) is 11.5. The van der Waals surface area contributed by atoms with E-state index in [4.69, 9.17) is 0 Å². The van der Waals surface area contributed by atoms with Crippen molar-refractivity contribution in [3.8, 4) is 0 Å². The summed E-state index contributed by atoms with van der Waals surface area (Å²) in [4.78, 5) is 0. The molecule has 4 aliphatic carbocycles. The highest BCUT2D eigenvalue weighted by molar-refractivity contribution is 5.22. The Bertz CT molecular complexity index is 636. The van der Waals surface area contributed by atoms with Gasteiger partial charge in [-0.2, -0.15) is 0 Å². The van der Waals surface area contributed by atoms with Crippen molar-refractivity contribution >= 4 is 0 Å². The molecule has 0 heterocycles. The lowest BCUT2D eigenvalue weighted by Crippen LogP contribution is -2.66. The summed E-state index contributed by atoms with van der Waals surface area (Å²) in [6.45, 7) is 14.8. The molecule has 2 nitrogen and oxygen atoms in total. The van der Waals surface area contributed by atoms with Crippen molar-refractivity contribution in [3.05, 3.63) is 11.6 Å². The second-order valence-electron chi connectivity index (χ2n) is 12.2. The van der Waals surface area contributed by atoms with Crippen LogP contribution < -0.4 is 0 Å². The van der Waals surface area contributed by atoms with Gasteiger partial charge in [-0.25, -0.2) is 0 Å². The monoisotopic (exact) mass is 374 g/mol. The first kappa shape index (κ1) is 20.0. The zero-order valence-corrected chi connectivity index (χ0v) is 18.5. The van der Waals surface area contributed by atoms with E-state index in [1.54, 1.807) is 0 Å². The highest BCUT2D eigenvalue weighted by Crippen LogP contribution is 2.72. The van der Waals surface area contributed by atoms with Gasteiger partial charge < -0.3 is 10.2 Å². The Labute approximate surface area is 166 Å². The molecule has 2 heteroatoms. The molecule has 4 aliphatic rings. The van der Waals surface area contributed by atoms with Crippen molar-refractivity contribution in [3.63, 3.8) is 0 Å². The number of fused-ring (bicyclic) bond motifs is 5. The fourth-order valence-electron chi connectivity index (χ4n) is 9.65. The highest BCUT2D eigenvalue weighted by Gasteiger charge is 2.67. The maximum Gasteiger partial charge on any atom is 0.0584 e. The van der Waals surface area contributed by atoms with E-state index < -0.39 is 0 Å². The van der Waals surface area contributed by atoms with Crippen molar-refractivity contribution in [2.45, 2.75) is 92.6 Å². The van der Waals surface area contributed by atoms with Crippen molar-refractivity contribution < 1.29 is 10.2 Å². The average molecular weight is 375 g/mol. The Morgan fingerprint density at radius 2 is 1.67 bits per heavy atom. The van der Waals surface area contributed by atoms with Gasteiger partial charge in [0, 0.05) is 5.92 Å². The number of hydrogen-bond donors (Lipinski definition) is 2. The molecular formula is C25H42O2. The highest BCUT2D eigenvalue weighted by atomic mass is 16.3. The summed E-state index contributed by atoms with van der Waals surface area (Å²) >= 11 is 0. The van der Waals surface area contributed by atoms with Gasteiger partial charge in [-0.3, -0.25) is 0 Å². The molecule has 154 valence electrons. The molecule has 2 N–H and O–H groups in total. The standard InChI is InChI=1S/C25H42O2/c1-16-8-9-19-23(4,17(16)15-26)13-10-20-24(5)12-7-11-22(2,3)21(24)18(27)14-25(19,20)6/h8,17-21,26-27H,7,9-15H2,1-6H3/t17-,18+,19-,20-,21?,23-,24-,25+/m1/s1. The fraction of sp³-hybridized carbons (Fsp3) is 0.920. The zero-order valence-electron chi connectivity index (χ0n) is 18.5. The van der Waals surface area contributed by atoms with E-state index in [1.807, 2.05) is 0 Å². The van der Waals surface area contributed by atoms with Gasteiger partial charge in [0.1, 0.15) is 0 Å². The van der Waals surface area contributed by atoms with E-state index in [9.17, 15) is 10.2 Å². The van der Waals surface area contributed by atoms with Crippen LogP contribution in [0.5, 0.6) is 0 Å². The summed E-state index contributed by atoms with van der Waals surface area (Å²) in [6, 6.07) is 0. The van der Waals surface area contributed by atoms with Gasteiger partial charge in [0.05, 0.1) is 12.7 Å². The molecule has 0 saturated heterocycles. The lowest BCUT2D eigenvalue weighted by Gasteiger charge is -2.70. The summed E-state index contributed by atoms with van der Waals surface area (Å²) in [6.07, 6.45) is 10.6. The van der Waals surface area contributed by atoms with Crippen LogP contribution >= 0.6 is 0 Å². The molecule has 0 amide bonds. The SMILES string of the molecule is CC1=CC[C@@H]2[C@](C)(CC[C@H]3[C@@]2(C)C[C@H](O)C2C(C)(C)CCC[C@@]23C)[C@@H]1CO. The summed E-state index contributed by atoms with van der Waals surface area (Å²) in [5.41, 5.74) is 2.23. The number of rotatable bonds is 1. The van der Waals surface area contributed by atoms with Crippen LogP contribution in [-0.4, -0.2) is 22.9 Å². The largest absolute Gasteiger partial charge is 0.396 e. The molecule has 0 aromatic carbocycles. The number of aliphatic hydroxyl groups is 2. The molecule has 27 heavy (non-hydrogen) atoms. The first-order chi connectivity index (χ1) is 12.5. The smallest absolute Gasteiger partial charge is 0.0584 e. The predicted molar refractivity (Wildman–Crippen MR) is 111 cm³/mol. The molecule has 0 spiro atoms. The summed E-state index contributed by atoms with van der Waals surface area (Å²) in [5.74, 6) is 1.99. The van der Waals surface area contributed by atoms with Gasteiger partial charge in [0.15, 0.2) is 0 Å². The molecule has 0 aliphatic heterocycles. The molecule has 0 bridgehead atoms. The molecule has 0 aromatic rings. The Morgan fingerprint density at radius 1 is 0.963 bits per heavy atom. The molecule has 0 aromatic heterocycles. The van der Waals surface area contributed by atoms with E-state index in [1.165, 1.54) is 37.7 Å². The lowest BCUT2D eigenvalue weighted by molar-refractivity contribution is -0.236. The summed E-state index contributed by atoms with van der Waals surface area (Å²) in [5, 5.41) is 21.7. The molecule has 3 saturated carbocycles. The Morgan fingerprint density at radius 3 is 2.33 bits per heavy atom. The van der Waals surface area contributed by atoms with Crippen LogP contribution in [0.25, 0.3) is 0 Å². The Kier molecular flexibility index (Phi) is 4.49. The van der Waals surface area contributed by atoms with E-state index in [2.05, 4.69) is 47.6 Å². The predicted octanol–water partition coefficient (Wildman–Crippen LogP) is 5.58. The van der Waals surface area contributed by atoms with Crippen LogP contribution in [0.15, 0.2) is 11.6 Å². The van der Waals surface area contributed by atoms with E-state index >= 15 is 0 Å². The van der Waals surface area contributed by atoms with Gasteiger partial charge >= 0.3 is 0 Å². The van der Waals surface area contributed by atoms with Crippen LogP contribution in [0.1, 0.15) is 86.5 Å². The normalized spacial score (nSPS) is 54.4. The van der Waals surface area contributed by atoms with Gasteiger partial charge in [0.25, 0.3) is 0 Å². The maximum atomic E-state index is 11.5. The van der Waals surface area contributed by atoms with Crippen molar-refractivity contribution in [2.75, 3.05) is 6.61 Å². The van der Waals surface area contributed by atoms with Crippen molar-refractivity contribution in [1.29, 1.82) is 0 Å². The van der Waals surface area contributed by atoms with E-state index in [-0.39, 0.29) is 34.4 Å². The van der Waals surface area contributed by atoms with Crippen LogP contribution in [0, 0.1) is 45.3 Å². The van der Waals surface area contributed by atoms with Gasteiger partial charge in [-0.1, -0.05) is 52.7 Å². The van der Waals surface area contributed by atoms with Crippen molar-refractivity contribution in [2.24, 2.45) is 45.3 Å². The van der Waals surface area contributed by atoms with Crippen LogP contribution in [0.2, 0.25) is 0 Å². The third kappa shape index (κ3) is 2.51. The fourth-order valence-corrected chi connectivity index (χ4v) is 9.65. The average Bonchev–Trinajstić information content (AvgIpc) is 2.52.